The van der Waals surface area contributed by atoms with Crippen molar-refractivity contribution >= 4 is 5.91 Å². The highest BCUT2D eigenvalue weighted by atomic mass is 16.5. The Labute approximate surface area is 117 Å². The van der Waals surface area contributed by atoms with Crippen LogP contribution in [0.3, 0.4) is 0 Å². The number of hydrogen-bond acceptors (Lipinski definition) is 4. The largest absolute Gasteiger partial charge is 0.355 e. The zero-order valence-electron chi connectivity index (χ0n) is 11.2. The second kappa shape index (κ2) is 5.86. The Morgan fingerprint density at radius 3 is 2.85 bits per heavy atom. The van der Waals surface area contributed by atoms with Crippen molar-refractivity contribution in [2.45, 2.75) is 31.6 Å². The van der Waals surface area contributed by atoms with Gasteiger partial charge in [0.05, 0.1) is 5.92 Å². The molecule has 1 aliphatic heterocycles. The first kappa shape index (κ1) is 12.8. The standard InChI is InChI=1S/C15H17N3O2/c19-14-9-7-12(10-16-14)15-17-13(18-20-15)8-6-11-4-2-1-3-5-11/h1-5,12H,6-10H2,(H,16,19)/t12-/m0/s1. The lowest BCUT2D eigenvalue weighted by atomic mass is 9.99. The van der Waals surface area contributed by atoms with Crippen LogP contribution in [0.1, 0.15) is 36.0 Å². The second-order valence-corrected chi connectivity index (χ2v) is 5.07. The van der Waals surface area contributed by atoms with Crippen molar-refractivity contribution in [3.8, 4) is 0 Å². The summed E-state index contributed by atoms with van der Waals surface area (Å²) < 4.78 is 5.32. The van der Waals surface area contributed by atoms with Crippen LogP contribution < -0.4 is 5.32 Å². The van der Waals surface area contributed by atoms with E-state index in [9.17, 15) is 4.79 Å². The fourth-order valence-electron chi connectivity index (χ4n) is 2.38. The summed E-state index contributed by atoms with van der Waals surface area (Å²) in [6.45, 7) is 0.596. The lowest BCUT2D eigenvalue weighted by Crippen LogP contribution is -2.33. The van der Waals surface area contributed by atoms with Crippen LogP contribution in [0.2, 0.25) is 0 Å². The molecule has 20 heavy (non-hydrogen) atoms. The lowest BCUT2D eigenvalue weighted by molar-refractivity contribution is -0.122. The number of nitrogens with one attached hydrogen (secondary N) is 1. The number of aromatic nitrogens is 2. The number of amides is 1. The number of piperidine rings is 1. The van der Waals surface area contributed by atoms with Crippen LogP contribution in [0.4, 0.5) is 0 Å². The van der Waals surface area contributed by atoms with E-state index in [1.165, 1.54) is 5.56 Å². The molecule has 104 valence electrons. The van der Waals surface area contributed by atoms with Crippen molar-refractivity contribution in [3.63, 3.8) is 0 Å². The maximum atomic E-state index is 11.1. The molecular weight excluding hydrogens is 254 g/mol. The quantitative estimate of drug-likeness (QED) is 0.921. The molecule has 0 spiro atoms. The molecule has 0 aliphatic carbocycles. The van der Waals surface area contributed by atoms with E-state index in [1.807, 2.05) is 18.2 Å². The smallest absolute Gasteiger partial charge is 0.231 e. The van der Waals surface area contributed by atoms with Crippen LogP contribution in [-0.2, 0) is 17.6 Å². The number of carbonyl (C=O) groups is 1. The number of hydrogen-bond donors (Lipinski definition) is 1. The normalized spacial score (nSPS) is 18.8. The van der Waals surface area contributed by atoms with Gasteiger partial charge in [-0.1, -0.05) is 35.5 Å². The molecule has 1 N–H and O–H groups in total. The summed E-state index contributed by atoms with van der Waals surface area (Å²) in [6, 6.07) is 10.3. The van der Waals surface area contributed by atoms with Crippen LogP contribution in [-0.4, -0.2) is 22.6 Å². The van der Waals surface area contributed by atoms with Gasteiger partial charge in [0.25, 0.3) is 0 Å². The van der Waals surface area contributed by atoms with E-state index in [-0.39, 0.29) is 11.8 Å². The number of aryl methyl sites for hydroxylation is 2. The van der Waals surface area contributed by atoms with Crippen LogP contribution in [0.15, 0.2) is 34.9 Å². The van der Waals surface area contributed by atoms with Gasteiger partial charge >= 0.3 is 0 Å². The monoisotopic (exact) mass is 271 g/mol. The Bertz CT molecular complexity index is 570. The maximum absolute atomic E-state index is 11.1. The first-order valence-electron chi connectivity index (χ1n) is 6.94. The minimum Gasteiger partial charge on any atom is -0.355 e. The lowest BCUT2D eigenvalue weighted by Gasteiger charge is -2.18. The van der Waals surface area contributed by atoms with Gasteiger partial charge in [-0.2, -0.15) is 4.98 Å². The Morgan fingerprint density at radius 2 is 2.10 bits per heavy atom. The highest BCUT2D eigenvalue weighted by Crippen LogP contribution is 2.22. The van der Waals surface area contributed by atoms with E-state index < -0.39 is 0 Å². The average Bonchev–Trinajstić information content (AvgIpc) is 2.96. The Hall–Kier alpha value is -2.17. The van der Waals surface area contributed by atoms with Gasteiger partial charge in [-0.3, -0.25) is 4.79 Å². The van der Waals surface area contributed by atoms with Gasteiger partial charge < -0.3 is 9.84 Å². The topological polar surface area (TPSA) is 68.0 Å². The molecule has 1 aromatic heterocycles. The fraction of sp³-hybridized carbons (Fsp3) is 0.400. The van der Waals surface area contributed by atoms with E-state index in [0.29, 0.717) is 18.9 Å². The average molecular weight is 271 g/mol. The van der Waals surface area contributed by atoms with Gasteiger partial charge in [0.1, 0.15) is 0 Å². The minimum atomic E-state index is 0.102. The summed E-state index contributed by atoms with van der Waals surface area (Å²) in [7, 11) is 0. The maximum Gasteiger partial charge on any atom is 0.231 e. The highest BCUT2D eigenvalue weighted by molar-refractivity contribution is 5.76. The molecule has 5 heteroatoms. The van der Waals surface area contributed by atoms with Crippen LogP contribution >= 0.6 is 0 Å². The van der Waals surface area contributed by atoms with Crippen molar-refractivity contribution in [1.29, 1.82) is 0 Å². The summed E-state index contributed by atoms with van der Waals surface area (Å²) in [6.07, 6.45) is 2.99. The van der Waals surface area contributed by atoms with Crippen molar-refractivity contribution in [1.82, 2.24) is 15.5 Å². The molecule has 0 saturated carbocycles. The summed E-state index contributed by atoms with van der Waals surface area (Å²) in [4.78, 5) is 15.6. The molecule has 0 bridgehead atoms. The number of rotatable bonds is 4. The van der Waals surface area contributed by atoms with E-state index in [0.717, 1.165) is 25.1 Å². The summed E-state index contributed by atoms with van der Waals surface area (Å²) >= 11 is 0. The summed E-state index contributed by atoms with van der Waals surface area (Å²) in [5.41, 5.74) is 1.27. The SMILES string of the molecule is O=C1CC[C@H](c2nc(CCc3ccccc3)no2)CN1. The van der Waals surface area contributed by atoms with Crippen molar-refractivity contribution < 1.29 is 9.32 Å². The third kappa shape index (κ3) is 3.04. The molecular formula is C15H17N3O2. The second-order valence-electron chi connectivity index (χ2n) is 5.07. The highest BCUT2D eigenvalue weighted by Gasteiger charge is 2.24. The molecule has 3 rings (SSSR count). The predicted octanol–water partition coefficient (Wildman–Crippen LogP) is 1.85. The van der Waals surface area contributed by atoms with Gasteiger partial charge in [-0.05, 0) is 18.4 Å². The first-order valence-corrected chi connectivity index (χ1v) is 6.94. The molecule has 1 saturated heterocycles. The minimum absolute atomic E-state index is 0.102. The van der Waals surface area contributed by atoms with Gasteiger partial charge in [0, 0.05) is 19.4 Å². The molecule has 2 aromatic rings. The van der Waals surface area contributed by atoms with E-state index in [4.69, 9.17) is 4.52 Å². The van der Waals surface area contributed by atoms with E-state index in [2.05, 4.69) is 27.6 Å². The number of nitrogens with zero attached hydrogens (tertiary/aromatic N) is 2. The summed E-state index contributed by atoms with van der Waals surface area (Å²) in [5.74, 6) is 1.64. The van der Waals surface area contributed by atoms with E-state index >= 15 is 0 Å². The predicted molar refractivity (Wildman–Crippen MR) is 73.1 cm³/mol. The first-order chi connectivity index (χ1) is 9.81. The zero-order chi connectivity index (χ0) is 13.8. The number of benzene rings is 1. The van der Waals surface area contributed by atoms with Crippen molar-refractivity contribution in [2.75, 3.05) is 6.54 Å². The Balaban J connectivity index is 1.58. The summed E-state index contributed by atoms with van der Waals surface area (Å²) in [5, 5.41) is 6.86. The number of carbonyl (C=O) groups excluding carboxylic acids is 1. The molecule has 5 nitrogen and oxygen atoms in total. The molecule has 0 unspecified atom stereocenters. The third-order valence-electron chi connectivity index (χ3n) is 3.58. The van der Waals surface area contributed by atoms with Crippen molar-refractivity contribution in [2.24, 2.45) is 0 Å². The van der Waals surface area contributed by atoms with Crippen molar-refractivity contribution in [3.05, 3.63) is 47.6 Å². The Morgan fingerprint density at radius 1 is 1.25 bits per heavy atom. The molecule has 1 fully saturated rings. The van der Waals surface area contributed by atoms with Gasteiger partial charge in [0.15, 0.2) is 5.82 Å². The molecule has 0 radical (unpaired) electrons. The van der Waals surface area contributed by atoms with E-state index in [1.54, 1.807) is 0 Å². The van der Waals surface area contributed by atoms with Crippen LogP contribution in [0.5, 0.6) is 0 Å². The molecule has 2 heterocycles. The molecule has 1 amide bonds. The van der Waals surface area contributed by atoms with Crippen LogP contribution in [0, 0.1) is 0 Å². The van der Waals surface area contributed by atoms with Gasteiger partial charge in [0.2, 0.25) is 11.8 Å². The molecule has 1 aliphatic rings. The fourth-order valence-corrected chi connectivity index (χ4v) is 2.38. The van der Waals surface area contributed by atoms with Gasteiger partial charge in [-0.25, -0.2) is 0 Å². The molecule has 1 atom stereocenters. The van der Waals surface area contributed by atoms with Crippen LogP contribution in [0.25, 0.3) is 0 Å². The van der Waals surface area contributed by atoms with Gasteiger partial charge in [-0.15, -0.1) is 0 Å². The molecule has 1 aromatic carbocycles. The Kier molecular flexibility index (Phi) is 3.76. The third-order valence-corrected chi connectivity index (χ3v) is 3.58. The zero-order valence-corrected chi connectivity index (χ0v) is 11.2.